The second-order valence-electron chi connectivity index (χ2n) is 7.53. The molecular weight excluding hydrogens is 377 g/mol. The summed E-state index contributed by atoms with van der Waals surface area (Å²) in [5, 5.41) is 2.31. The fraction of sp³-hybridized carbons (Fsp3) is 0.667. The molecule has 0 aromatic heterocycles. The lowest BCUT2D eigenvalue weighted by atomic mass is 10.1. The Morgan fingerprint density at radius 3 is 2.35 bits per heavy atom. The zero-order valence-electron chi connectivity index (χ0n) is 14.9. The summed E-state index contributed by atoms with van der Waals surface area (Å²) in [6.45, 7) is 1.50. The van der Waals surface area contributed by atoms with Gasteiger partial charge in [-0.3, -0.25) is 0 Å². The fourth-order valence-electron chi connectivity index (χ4n) is 3.99. The Hall–Kier alpha value is -0.990. The van der Waals surface area contributed by atoms with Crippen LogP contribution in [0.2, 0.25) is 0 Å². The number of benzene rings is 1. The van der Waals surface area contributed by atoms with Crippen LogP contribution >= 0.6 is 0 Å². The molecular formula is C18H26FNO4S2. The maximum absolute atomic E-state index is 13.5. The molecule has 1 saturated heterocycles. The topological polar surface area (TPSA) is 80.3 Å². The van der Waals surface area contributed by atoms with Crippen molar-refractivity contribution in [1.82, 2.24) is 5.32 Å². The molecule has 1 N–H and O–H groups in total. The normalized spacial score (nSPS) is 27.3. The summed E-state index contributed by atoms with van der Waals surface area (Å²) >= 11 is 0. The number of hydrogen-bond acceptors (Lipinski definition) is 5. The molecule has 2 aliphatic rings. The van der Waals surface area contributed by atoms with Crippen LogP contribution in [0.15, 0.2) is 23.1 Å². The first kappa shape index (κ1) is 19.8. The van der Waals surface area contributed by atoms with Gasteiger partial charge in [0.25, 0.3) is 0 Å². The maximum Gasteiger partial charge on any atom is 0.183 e. The summed E-state index contributed by atoms with van der Waals surface area (Å²) < 4.78 is 64.1. The van der Waals surface area contributed by atoms with E-state index in [1.165, 1.54) is 19.1 Å². The molecule has 1 aliphatic heterocycles. The van der Waals surface area contributed by atoms with Crippen LogP contribution in [0.4, 0.5) is 4.39 Å². The third-order valence-corrected chi connectivity index (χ3v) is 9.61. The Bertz CT molecular complexity index is 859. The average molecular weight is 404 g/mol. The van der Waals surface area contributed by atoms with Gasteiger partial charge in [-0.2, -0.15) is 0 Å². The van der Waals surface area contributed by atoms with E-state index >= 15 is 0 Å². The highest BCUT2D eigenvalue weighted by molar-refractivity contribution is 7.96. The van der Waals surface area contributed by atoms with Gasteiger partial charge in [0.05, 0.1) is 21.7 Å². The minimum Gasteiger partial charge on any atom is -0.309 e. The van der Waals surface area contributed by atoms with Crippen LogP contribution in [0.5, 0.6) is 0 Å². The predicted octanol–water partition coefficient (Wildman–Crippen LogP) is 2.39. The zero-order chi connectivity index (χ0) is 18.9. The van der Waals surface area contributed by atoms with Gasteiger partial charge in [-0.05, 0) is 43.5 Å². The highest BCUT2D eigenvalue weighted by Gasteiger charge is 2.46. The molecule has 0 unspecified atom stereocenters. The molecule has 146 valence electrons. The van der Waals surface area contributed by atoms with Crippen LogP contribution in [0.25, 0.3) is 0 Å². The second kappa shape index (κ2) is 7.56. The van der Waals surface area contributed by atoms with Crippen LogP contribution in [0, 0.1) is 12.7 Å². The van der Waals surface area contributed by atoms with Crippen molar-refractivity contribution in [2.75, 3.05) is 11.5 Å². The quantitative estimate of drug-likeness (QED) is 0.617. The lowest BCUT2D eigenvalue weighted by Crippen LogP contribution is -2.47. The number of halogens is 1. The first-order chi connectivity index (χ1) is 12.2. The van der Waals surface area contributed by atoms with Crippen molar-refractivity contribution in [1.29, 1.82) is 0 Å². The van der Waals surface area contributed by atoms with Gasteiger partial charge in [0, 0.05) is 12.1 Å². The molecule has 2 fully saturated rings. The van der Waals surface area contributed by atoms with Gasteiger partial charge in [0.15, 0.2) is 19.7 Å². The summed E-state index contributed by atoms with van der Waals surface area (Å²) in [5.41, 5.74) is 0.236. The fourth-order valence-corrected chi connectivity index (χ4v) is 8.76. The smallest absolute Gasteiger partial charge is 0.183 e. The standard InChI is InChI=1S/C18H26FNO4S2/c1-13-10-15(8-9-16(13)19)26(23,24)18-12-25(21,22)11-17(18)20-14-6-4-2-3-5-7-14/h8-10,14,17-18,20H,2-7,11-12H2,1H3/t17-,18-/m1/s1. The van der Waals surface area contributed by atoms with Crippen LogP contribution in [-0.4, -0.2) is 45.7 Å². The van der Waals surface area contributed by atoms with Gasteiger partial charge in [-0.15, -0.1) is 0 Å². The van der Waals surface area contributed by atoms with E-state index in [-0.39, 0.29) is 28.0 Å². The third-order valence-electron chi connectivity index (χ3n) is 5.46. The van der Waals surface area contributed by atoms with Crippen LogP contribution in [-0.2, 0) is 19.7 Å². The van der Waals surface area contributed by atoms with E-state index in [9.17, 15) is 21.2 Å². The molecule has 0 radical (unpaired) electrons. The van der Waals surface area contributed by atoms with Gasteiger partial charge < -0.3 is 5.32 Å². The van der Waals surface area contributed by atoms with Crippen molar-refractivity contribution in [3.05, 3.63) is 29.6 Å². The predicted molar refractivity (Wildman–Crippen MR) is 99.2 cm³/mol. The number of sulfone groups is 2. The molecule has 26 heavy (non-hydrogen) atoms. The van der Waals surface area contributed by atoms with Gasteiger partial charge >= 0.3 is 0 Å². The highest BCUT2D eigenvalue weighted by atomic mass is 32.2. The number of rotatable bonds is 4. The molecule has 8 heteroatoms. The summed E-state index contributed by atoms with van der Waals surface area (Å²) in [4.78, 5) is -0.00818. The monoisotopic (exact) mass is 403 g/mol. The minimum absolute atomic E-state index is 0.00818. The van der Waals surface area contributed by atoms with Crippen molar-refractivity contribution in [2.45, 2.75) is 67.7 Å². The number of aryl methyl sites for hydroxylation is 1. The van der Waals surface area contributed by atoms with E-state index in [0.29, 0.717) is 0 Å². The van der Waals surface area contributed by atoms with Gasteiger partial charge in [0.1, 0.15) is 5.82 Å². The molecule has 2 atom stereocenters. The van der Waals surface area contributed by atoms with E-state index in [4.69, 9.17) is 0 Å². The van der Waals surface area contributed by atoms with E-state index in [0.717, 1.165) is 44.6 Å². The van der Waals surface area contributed by atoms with Gasteiger partial charge in [0.2, 0.25) is 0 Å². The lowest BCUT2D eigenvalue weighted by Gasteiger charge is -2.25. The largest absolute Gasteiger partial charge is 0.309 e. The molecule has 1 aromatic carbocycles. The molecule has 1 saturated carbocycles. The molecule has 0 spiro atoms. The van der Waals surface area contributed by atoms with E-state index in [1.807, 2.05) is 0 Å². The van der Waals surface area contributed by atoms with Gasteiger partial charge in [-0.1, -0.05) is 25.7 Å². The van der Waals surface area contributed by atoms with Crippen molar-refractivity contribution in [2.24, 2.45) is 0 Å². The molecule has 0 amide bonds. The average Bonchev–Trinajstić information content (AvgIpc) is 2.73. The van der Waals surface area contributed by atoms with E-state index in [2.05, 4.69) is 5.32 Å². The van der Waals surface area contributed by atoms with Crippen LogP contribution in [0.3, 0.4) is 0 Å². The molecule has 1 aromatic rings. The van der Waals surface area contributed by atoms with Gasteiger partial charge in [-0.25, -0.2) is 21.2 Å². The molecule has 3 rings (SSSR count). The highest BCUT2D eigenvalue weighted by Crippen LogP contribution is 2.28. The third kappa shape index (κ3) is 4.28. The minimum atomic E-state index is -3.87. The Morgan fingerprint density at radius 2 is 1.73 bits per heavy atom. The van der Waals surface area contributed by atoms with E-state index in [1.54, 1.807) is 0 Å². The number of hydrogen-bond donors (Lipinski definition) is 1. The summed E-state index contributed by atoms with van der Waals surface area (Å²) in [7, 11) is -7.30. The van der Waals surface area contributed by atoms with Crippen molar-refractivity contribution in [3.8, 4) is 0 Å². The molecule has 1 aliphatic carbocycles. The van der Waals surface area contributed by atoms with Crippen molar-refractivity contribution in [3.63, 3.8) is 0 Å². The first-order valence-electron chi connectivity index (χ1n) is 9.15. The second-order valence-corrected chi connectivity index (χ2v) is 11.9. The SMILES string of the molecule is Cc1cc(S(=O)(=O)[C@@H]2CS(=O)(=O)C[C@H]2NC2CCCCCC2)ccc1F. The van der Waals surface area contributed by atoms with Crippen LogP contribution in [0.1, 0.15) is 44.1 Å². The summed E-state index contributed by atoms with van der Waals surface area (Å²) in [6, 6.07) is 3.19. The Balaban J connectivity index is 1.87. The number of nitrogens with one attached hydrogen (secondary N) is 1. The van der Waals surface area contributed by atoms with Crippen LogP contribution < -0.4 is 5.32 Å². The Kier molecular flexibility index (Phi) is 5.75. The summed E-state index contributed by atoms with van der Waals surface area (Å²) in [5.74, 6) is -1.01. The maximum atomic E-state index is 13.5. The van der Waals surface area contributed by atoms with Crippen molar-refractivity contribution < 1.29 is 21.2 Å². The molecule has 5 nitrogen and oxygen atoms in total. The van der Waals surface area contributed by atoms with E-state index < -0.39 is 36.8 Å². The molecule has 0 bridgehead atoms. The Morgan fingerprint density at radius 1 is 1.08 bits per heavy atom. The first-order valence-corrected chi connectivity index (χ1v) is 12.5. The lowest BCUT2D eigenvalue weighted by molar-refractivity contribution is 0.408. The van der Waals surface area contributed by atoms with Crippen molar-refractivity contribution >= 4 is 19.7 Å². The zero-order valence-corrected chi connectivity index (χ0v) is 16.6. The molecule has 1 heterocycles. The Labute approximate surface area is 155 Å². The summed E-state index contributed by atoms with van der Waals surface area (Å²) in [6.07, 6.45) is 6.37.